The number of nitrogens with zero attached hydrogens (tertiary/aromatic N) is 2. The molecule has 1 aliphatic heterocycles. The second-order valence-corrected chi connectivity index (χ2v) is 8.40. The van der Waals surface area contributed by atoms with E-state index < -0.39 is 22.3 Å². The number of hydrogen-bond acceptors (Lipinski definition) is 6. The molecule has 2 atom stereocenters. The quantitative estimate of drug-likeness (QED) is 0.721. The van der Waals surface area contributed by atoms with E-state index in [4.69, 9.17) is 9.47 Å². The first kappa shape index (κ1) is 21.0. The Balaban J connectivity index is 1.80. The molecule has 2 heterocycles. The zero-order chi connectivity index (χ0) is 21.0. The molecule has 0 bridgehead atoms. The summed E-state index contributed by atoms with van der Waals surface area (Å²) >= 11 is 0. The topological polar surface area (TPSA) is 110 Å². The predicted octanol–water partition coefficient (Wildman–Crippen LogP) is 0.995. The van der Waals surface area contributed by atoms with Gasteiger partial charge in [-0.25, -0.2) is 0 Å². The lowest BCUT2D eigenvalue weighted by Gasteiger charge is -2.36. The Bertz CT molecular complexity index is 968. The van der Waals surface area contributed by atoms with Crippen LogP contribution in [0.15, 0.2) is 42.7 Å². The third-order valence-electron chi connectivity index (χ3n) is 4.87. The molecule has 3 rings (SSSR count). The standard InChI is InChI=1S/C19H24N4O5S/c1-23-16(19(24)21-12-13-5-4-8-20-11-13)10-15(22-29(23,25)26)14-6-7-17(27-2)18(9-14)28-3/h4-9,11,15-16,22H,10,12H2,1-3H3,(H,21,24)/t15-,16+/m0/s1. The number of pyridine rings is 1. The molecule has 1 aromatic heterocycles. The van der Waals surface area contributed by atoms with Gasteiger partial charge in [-0.15, -0.1) is 0 Å². The largest absolute Gasteiger partial charge is 0.493 e. The van der Waals surface area contributed by atoms with Gasteiger partial charge < -0.3 is 14.8 Å². The zero-order valence-corrected chi connectivity index (χ0v) is 17.3. The van der Waals surface area contributed by atoms with Crippen LogP contribution in [0.5, 0.6) is 11.5 Å². The smallest absolute Gasteiger partial charge is 0.280 e. The van der Waals surface area contributed by atoms with Gasteiger partial charge in [-0.2, -0.15) is 17.4 Å². The summed E-state index contributed by atoms with van der Waals surface area (Å²) in [6.45, 7) is 0.269. The minimum absolute atomic E-state index is 0.268. The van der Waals surface area contributed by atoms with Crippen molar-refractivity contribution in [3.8, 4) is 11.5 Å². The SMILES string of the molecule is COc1ccc([C@@H]2C[C@H](C(=O)NCc3cccnc3)N(C)S(=O)(=O)N2)cc1OC. The Hall–Kier alpha value is -2.69. The van der Waals surface area contributed by atoms with Crippen LogP contribution in [0.2, 0.25) is 0 Å². The van der Waals surface area contributed by atoms with Crippen LogP contribution in [0, 0.1) is 0 Å². The van der Waals surface area contributed by atoms with Gasteiger partial charge in [0.05, 0.1) is 20.3 Å². The van der Waals surface area contributed by atoms with Crippen LogP contribution in [-0.2, 0) is 21.5 Å². The van der Waals surface area contributed by atoms with Crippen molar-refractivity contribution in [2.75, 3.05) is 21.3 Å². The number of likely N-dealkylation sites (N-methyl/N-ethyl adjacent to an activating group) is 1. The molecule has 10 heteroatoms. The maximum Gasteiger partial charge on any atom is 0.280 e. The third kappa shape index (κ3) is 4.66. The number of carbonyl (C=O) groups is 1. The molecule has 0 aliphatic carbocycles. The van der Waals surface area contributed by atoms with Crippen molar-refractivity contribution in [3.05, 3.63) is 53.9 Å². The highest BCUT2D eigenvalue weighted by Gasteiger charge is 2.40. The molecule has 1 aromatic carbocycles. The van der Waals surface area contributed by atoms with E-state index in [1.54, 1.807) is 36.7 Å². The fourth-order valence-electron chi connectivity index (χ4n) is 3.21. The molecule has 0 spiro atoms. The first-order chi connectivity index (χ1) is 13.9. The average molecular weight is 420 g/mol. The van der Waals surface area contributed by atoms with Crippen LogP contribution in [-0.4, -0.2) is 50.9 Å². The number of nitrogens with one attached hydrogen (secondary N) is 2. The highest BCUT2D eigenvalue weighted by molar-refractivity contribution is 7.87. The van der Waals surface area contributed by atoms with Crippen molar-refractivity contribution in [2.24, 2.45) is 0 Å². The average Bonchev–Trinajstić information content (AvgIpc) is 2.74. The molecule has 0 unspecified atom stereocenters. The molecule has 29 heavy (non-hydrogen) atoms. The molecule has 1 amide bonds. The first-order valence-corrected chi connectivity index (χ1v) is 10.4. The lowest BCUT2D eigenvalue weighted by molar-refractivity contribution is -0.125. The molecule has 2 aromatic rings. The molecule has 156 valence electrons. The van der Waals surface area contributed by atoms with Crippen LogP contribution < -0.4 is 19.5 Å². The summed E-state index contributed by atoms with van der Waals surface area (Å²) in [7, 11) is 0.593. The number of methoxy groups -OCH3 is 2. The van der Waals surface area contributed by atoms with Crippen molar-refractivity contribution in [1.29, 1.82) is 0 Å². The molecule has 9 nitrogen and oxygen atoms in total. The summed E-state index contributed by atoms with van der Waals surface area (Å²) in [5, 5.41) is 2.79. The number of hydrogen-bond donors (Lipinski definition) is 2. The molecule has 0 radical (unpaired) electrons. The van der Waals surface area contributed by atoms with Crippen molar-refractivity contribution in [1.82, 2.24) is 19.3 Å². The normalized spacial score (nSPS) is 21.3. The Kier molecular flexibility index (Phi) is 6.36. The summed E-state index contributed by atoms with van der Waals surface area (Å²) in [5.41, 5.74) is 1.51. The number of benzene rings is 1. The summed E-state index contributed by atoms with van der Waals surface area (Å²) in [6.07, 6.45) is 3.56. The Morgan fingerprint density at radius 3 is 2.69 bits per heavy atom. The van der Waals surface area contributed by atoms with Crippen LogP contribution in [0.25, 0.3) is 0 Å². The Labute approximate surface area is 170 Å². The first-order valence-electron chi connectivity index (χ1n) is 8.99. The summed E-state index contributed by atoms with van der Waals surface area (Å²) in [4.78, 5) is 16.8. The second-order valence-electron chi connectivity index (χ2n) is 6.64. The van der Waals surface area contributed by atoms with Crippen LogP contribution >= 0.6 is 0 Å². The van der Waals surface area contributed by atoms with Gasteiger partial charge in [0.1, 0.15) is 6.04 Å². The fourth-order valence-corrected chi connectivity index (χ4v) is 4.48. The summed E-state index contributed by atoms with van der Waals surface area (Å²) in [5.74, 6) is 0.658. The van der Waals surface area contributed by atoms with Crippen molar-refractivity contribution >= 4 is 16.1 Å². The lowest BCUT2D eigenvalue weighted by atomic mass is 9.99. The van der Waals surface area contributed by atoms with E-state index in [0.29, 0.717) is 17.1 Å². The van der Waals surface area contributed by atoms with Gasteiger partial charge in [0.2, 0.25) is 5.91 Å². The Morgan fingerprint density at radius 1 is 1.28 bits per heavy atom. The fraction of sp³-hybridized carbons (Fsp3) is 0.368. The molecule has 1 aliphatic rings. The van der Waals surface area contributed by atoms with E-state index in [9.17, 15) is 13.2 Å². The molecule has 1 saturated heterocycles. The van der Waals surface area contributed by atoms with E-state index in [1.165, 1.54) is 21.3 Å². The van der Waals surface area contributed by atoms with Gasteiger partial charge in [0, 0.05) is 26.0 Å². The summed E-state index contributed by atoms with van der Waals surface area (Å²) < 4.78 is 39.4. The van der Waals surface area contributed by atoms with Crippen molar-refractivity contribution in [3.63, 3.8) is 0 Å². The minimum Gasteiger partial charge on any atom is -0.493 e. The van der Waals surface area contributed by atoms with E-state index in [2.05, 4.69) is 15.0 Å². The number of rotatable bonds is 6. The molecule has 1 fully saturated rings. The third-order valence-corrected chi connectivity index (χ3v) is 6.47. The van der Waals surface area contributed by atoms with Crippen molar-refractivity contribution < 1.29 is 22.7 Å². The van der Waals surface area contributed by atoms with E-state index in [0.717, 1.165) is 9.87 Å². The van der Waals surface area contributed by atoms with E-state index in [-0.39, 0.29) is 18.9 Å². The van der Waals surface area contributed by atoms with Gasteiger partial charge in [-0.1, -0.05) is 12.1 Å². The lowest BCUT2D eigenvalue weighted by Crippen LogP contribution is -2.57. The summed E-state index contributed by atoms with van der Waals surface area (Å²) in [6, 6.07) is 7.35. The van der Waals surface area contributed by atoms with Crippen LogP contribution in [0.1, 0.15) is 23.6 Å². The second kappa shape index (κ2) is 8.76. The highest BCUT2D eigenvalue weighted by atomic mass is 32.2. The maximum absolute atomic E-state index is 12.8. The monoisotopic (exact) mass is 420 g/mol. The van der Waals surface area contributed by atoms with Crippen LogP contribution in [0.3, 0.4) is 0 Å². The zero-order valence-electron chi connectivity index (χ0n) is 16.5. The number of carbonyl (C=O) groups excluding carboxylic acids is 1. The molecule has 2 N–H and O–H groups in total. The molecular formula is C19H24N4O5S. The van der Waals surface area contributed by atoms with Gasteiger partial charge >= 0.3 is 0 Å². The Morgan fingerprint density at radius 2 is 2.03 bits per heavy atom. The number of aromatic nitrogens is 1. The molecule has 0 saturated carbocycles. The highest BCUT2D eigenvalue weighted by Crippen LogP contribution is 2.34. The molecular weight excluding hydrogens is 396 g/mol. The van der Waals surface area contributed by atoms with Gasteiger partial charge in [-0.05, 0) is 35.7 Å². The minimum atomic E-state index is -3.83. The predicted molar refractivity (Wildman–Crippen MR) is 107 cm³/mol. The van der Waals surface area contributed by atoms with Crippen molar-refractivity contribution in [2.45, 2.75) is 25.0 Å². The number of amides is 1. The van der Waals surface area contributed by atoms with E-state index >= 15 is 0 Å². The van der Waals surface area contributed by atoms with E-state index in [1.807, 2.05) is 6.07 Å². The van der Waals surface area contributed by atoms with Gasteiger partial charge in [-0.3, -0.25) is 9.78 Å². The van der Waals surface area contributed by atoms with Crippen LogP contribution in [0.4, 0.5) is 0 Å². The number of ether oxygens (including phenoxy) is 2. The van der Waals surface area contributed by atoms with Gasteiger partial charge in [0.25, 0.3) is 10.2 Å². The maximum atomic E-state index is 12.8. The van der Waals surface area contributed by atoms with Gasteiger partial charge in [0.15, 0.2) is 11.5 Å².